The van der Waals surface area contributed by atoms with Crippen molar-refractivity contribution in [3.63, 3.8) is 0 Å². The summed E-state index contributed by atoms with van der Waals surface area (Å²) in [6, 6.07) is 1.47. The molecule has 2 unspecified atom stereocenters. The monoisotopic (exact) mass is 656 g/mol. The van der Waals surface area contributed by atoms with Gasteiger partial charge < -0.3 is 25.9 Å². The highest BCUT2D eigenvalue weighted by molar-refractivity contribution is 6.88. The molecule has 39 heavy (non-hydrogen) atoms. The lowest BCUT2D eigenvalue weighted by Gasteiger charge is -2.39. The van der Waals surface area contributed by atoms with Gasteiger partial charge in [0, 0.05) is 0 Å². The third-order valence-electron chi connectivity index (χ3n) is 4.87. The predicted molar refractivity (Wildman–Crippen MR) is 175 cm³/mol. The van der Waals surface area contributed by atoms with Gasteiger partial charge in [-0.2, -0.15) is 0 Å². The number of hydrogen-bond donors (Lipinski definition) is 0. The van der Waals surface area contributed by atoms with Crippen molar-refractivity contribution in [1.29, 1.82) is 0 Å². The first-order valence-electron chi connectivity index (χ1n) is 14.2. The second-order valence-electron chi connectivity index (χ2n) is 15.3. The molecule has 8 nitrogen and oxygen atoms in total. The molecule has 14 heteroatoms. The normalized spacial score (nSPS) is 15.6. The van der Waals surface area contributed by atoms with Gasteiger partial charge in [-0.3, -0.25) is 9.59 Å². The van der Waals surface area contributed by atoms with Crippen LogP contribution in [-0.4, -0.2) is 75.5 Å². The number of hydrogen-bond acceptors (Lipinski definition) is 8. The van der Waals surface area contributed by atoms with Gasteiger partial charge in [0.15, 0.2) is 33.3 Å². The third kappa shape index (κ3) is 21.4. The minimum absolute atomic E-state index is 0.0646. The van der Waals surface area contributed by atoms with Gasteiger partial charge in [-0.15, -0.1) is 0 Å². The molecule has 0 saturated carbocycles. The Morgan fingerprint density at radius 1 is 0.487 bits per heavy atom. The summed E-state index contributed by atoms with van der Waals surface area (Å²) < 4.78 is 37.1. The van der Waals surface area contributed by atoms with Gasteiger partial charge in [0.05, 0.1) is 13.2 Å². The van der Waals surface area contributed by atoms with Crippen LogP contribution in [0.2, 0.25) is 104 Å². The van der Waals surface area contributed by atoms with Crippen molar-refractivity contribution in [1.82, 2.24) is 0 Å². The van der Waals surface area contributed by atoms with E-state index in [9.17, 15) is 9.59 Å². The Morgan fingerprint density at radius 2 is 0.718 bits per heavy atom. The Morgan fingerprint density at radius 3 is 0.923 bits per heavy atom. The van der Waals surface area contributed by atoms with Crippen molar-refractivity contribution in [3.05, 3.63) is 0 Å². The van der Waals surface area contributed by atoms with E-state index in [4.69, 9.17) is 25.9 Å². The van der Waals surface area contributed by atoms with Crippen LogP contribution in [0.4, 0.5) is 0 Å². The molecule has 0 aromatic carbocycles. The molecule has 232 valence electrons. The molecule has 0 aromatic heterocycles. The first-order chi connectivity index (χ1) is 17.1. The molecule has 0 rings (SSSR count). The summed E-state index contributed by atoms with van der Waals surface area (Å²) in [6.07, 6.45) is -0.392. The average Bonchev–Trinajstić information content (AvgIpc) is 2.57. The van der Waals surface area contributed by atoms with Gasteiger partial charge in [0.1, 0.15) is 6.42 Å². The Kier molecular flexibility index (Phi) is 15.0. The zero-order valence-corrected chi connectivity index (χ0v) is 34.0. The number of rotatable bonds is 18. The smallest absolute Gasteiger partial charge is 0.317 e. The first kappa shape index (κ1) is 39.1. The molecule has 0 saturated heterocycles. The molecule has 0 spiro atoms. The molecule has 2 atom stereocenters. The number of carbonyl (C=O) groups excluding carboxylic acids is 2. The minimum Gasteiger partial charge on any atom is -0.465 e. The van der Waals surface area contributed by atoms with Crippen LogP contribution >= 0.6 is 0 Å². The molecular weight excluding hydrogens is 597 g/mol. The van der Waals surface area contributed by atoms with Crippen LogP contribution < -0.4 is 0 Å². The quantitative estimate of drug-likeness (QED) is 0.0864. The molecule has 0 aliphatic heterocycles. The van der Waals surface area contributed by atoms with E-state index in [1.54, 1.807) is 0 Å². The number of esters is 2. The predicted octanol–water partition coefficient (Wildman–Crippen LogP) is 7.29. The van der Waals surface area contributed by atoms with Crippen molar-refractivity contribution < 1.29 is 35.5 Å². The van der Waals surface area contributed by atoms with Gasteiger partial charge in [-0.05, 0) is 116 Å². The van der Waals surface area contributed by atoms with E-state index in [-0.39, 0.29) is 25.0 Å². The summed E-state index contributed by atoms with van der Waals surface area (Å²) in [5.74, 6) is -1.00. The van der Waals surface area contributed by atoms with E-state index in [1.807, 2.05) is 13.8 Å². The summed E-state index contributed by atoms with van der Waals surface area (Å²) in [6.45, 7) is 34.8. The second kappa shape index (κ2) is 15.0. The molecule has 0 radical (unpaired) electrons. The number of carbonyl (C=O) groups is 2. The summed E-state index contributed by atoms with van der Waals surface area (Å²) in [4.78, 5) is 24.8. The zero-order valence-electron chi connectivity index (χ0n) is 28.0. The molecular formula is C25H60O8Si6. The fourth-order valence-electron chi connectivity index (χ4n) is 4.87. The summed E-state index contributed by atoms with van der Waals surface area (Å²) >= 11 is 0. The van der Waals surface area contributed by atoms with Gasteiger partial charge >= 0.3 is 29.1 Å². The Bertz CT molecular complexity index is 687. The lowest BCUT2D eigenvalue weighted by molar-refractivity contribution is -0.155. The maximum Gasteiger partial charge on any atom is 0.317 e. The maximum absolute atomic E-state index is 12.4. The minimum atomic E-state index is -2.43. The molecule has 0 bridgehead atoms. The second-order valence-corrected chi connectivity index (χ2v) is 40.8. The van der Waals surface area contributed by atoms with Crippen molar-refractivity contribution in [2.75, 3.05) is 13.2 Å². The van der Waals surface area contributed by atoms with E-state index >= 15 is 0 Å². The fraction of sp³-hybridized carbons (Fsp3) is 0.920. The number of ether oxygens (including phenoxy) is 2. The van der Waals surface area contributed by atoms with Crippen molar-refractivity contribution in [2.45, 2.75) is 124 Å². The molecule has 0 aliphatic rings. The lowest BCUT2D eigenvalue weighted by Crippen LogP contribution is -2.53. The molecule has 0 N–H and O–H groups in total. The van der Waals surface area contributed by atoms with Crippen LogP contribution in [0.25, 0.3) is 0 Å². The van der Waals surface area contributed by atoms with Crippen LogP contribution in [-0.2, 0) is 35.5 Å². The Balaban J connectivity index is 4.85. The maximum atomic E-state index is 12.4. The van der Waals surface area contributed by atoms with E-state index < -0.39 is 68.8 Å². The molecule has 0 amide bonds. The first-order valence-corrected chi connectivity index (χ1v) is 32.9. The van der Waals surface area contributed by atoms with Crippen LogP contribution in [0, 0.1) is 11.8 Å². The van der Waals surface area contributed by atoms with E-state index in [2.05, 4.69) is 91.7 Å². The van der Waals surface area contributed by atoms with Crippen LogP contribution in [0.1, 0.15) is 20.3 Å². The molecule has 0 heterocycles. The van der Waals surface area contributed by atoms with Gasteiger partial charge in [0.25, 0.3) is 0 Å². The highest BCUT2D eigenvalue weighted by Gasteiger charge is 2.42. The lowest BCUT2D eigenvalue weighted by atomic mass is 10.2. The van der Waals surface area contributed by atoms with E-state index in [0.717, 1.165) is 12.1 Å². The van der Waals surface area contributed by atoms with Crippen LogP contribution in [0.5, 0.6) is 0 Å². The largest absolute Gasteiger partial charge is 0.465 e. The van der Waals surface area contributed by atoms with Crippen molar-refractivity contribution >= 4 is 62.3 Å². The van der Waals surface area contributed by atoms with Gasteiger partial charge in [0.2, 0.25) is 0 Å². The zero-order chi connectivity index (χ0) is 31.1. The Hall–Kier alpha value is 0.0813. The topological polar surface area (TPSA) is 89.5 Å². The summed E-state index contributed by atoms with van der Waals surface area (Å²) in [7, 11) is -12.1. The summed E-state index contributed by atoms with van der Waals surface area (Å²) in [5, 5.41) is 0. The molecule has 0 fully saturated rings. The Labute approximate surface area is 246 Å². The molecule has 0 aromatic rings. The van der Waals surface area contributed by atoms with Gasteiger partial charge in [-0.25, -0.2) is 0 Å². The SMILES string of the molecule is CC(COC(=O)CC(=O)OCC(C)C[Si](C)(O[Si](C)(C)C)O[Si](C)(C)C)C[Si](C)(O[Si](C)(C)C)O[Si](C)(C)C. The highest BCUT2D eigenvalue weighted by atomic mass is 28.5. The third-order valence-corrected chi connectivity index (χ3v) is 24.5. The van der Waals surface area contributed by atoms with E-state index in [0.29, 0.717) is 0 Å². The summed E-state index contributed by atoms with van der Waals surface area (Å²) in [5.41, 5.74) is 0. The van der Waals surface area contributed by atoms with Crippen LogP contribution in [0.15, 0.2) is 0 Å². The fourth-order valence-corrected chi connectivity index (χ4v) is 30.8. The highest BCUT2D eigenvalue weighted by Crippen LogP contribution is 2.29. The average molecular weight is 657 g/mol. The van der Waals surface area contributed by atoms with E-state index in [1.165, 1.54) is 0 Å². The standard InChI is InChI=1S/C25H60O8Si6/c1-22(20-38(15,30-34(3,4)5)31-35(6,7)8)18-28-24(26)17-25(27)29-19-23(2)21-39(16,32-36(9,10)11)33-37(12,13)14/h22-23H,17-21H2,1-16H3. The van der Waals surface area contributed by atoms with Crippen molar-refractivity contribution in [3.8, 4) is 0 Å². The molecule has 0 aliphatic carbocycles. The van der Waals surface area contributed by atoms with Crippen molar-refractivity contribution in [2.24, 2.45) is 11.8 Å². The van der Waals surface area contributed by atoms with Crippen LogP contribution in [0.3, 0.4) is 0 Å². The van der Waals surface area contributed by atoms with Gasteiger partial charge in [-0.1, -0.05) is 13.8 Å².